The molecular formula is C40H70O8. The number of allylic oxidation sites excluding steroid dienone is 2. The molecule has 0 spiro atoms. The van der Waals surface area contributed by atoms with Gasteiger partial charge >= 0.3 is 11.9 Å². The predicted octanol–water partition coefficient (Wildman–Crippen LogP) is 8.49. The number of carbonyl (C=O) groups is 3. The van der Waals surface area contributed by atoms with Crippen molar-refractivity contribution in [3.63, 3.8) is 0 Å². The van der Waals surface area contributed by atoms with Gasteiger partial charge in [0, 0.05) is 31.1 Å². The summed E-state index contributed by atoms with van der Waals surface area (Å²) in [6.45, 7) is 3.80. The SMILES string of the molecule is CCCCCCCCCCCCCCCCC(=O)O[C@@H](CO)COC(=O)CCC/C=C\C[C@H]1C(=O)C[C@@H](O)[C@@H]1/C=C/[C@@H](O)CCCCC. The van der Waals surface area contributed by atoms with Gasteiger partial charge in [-0.15, -0.1) is 0 Å². The average Bonchev–Trinajstić information content (AvgIpc) is 3.34. The topological polar surface area (TPSA) is 130 Å². The number of hydrogen-bond acceptors (Lipinski definition) is 8. The molecule has 0 radical (unpaired) electrons. The molecule has 0 aromatic rings. The van der Waals surface area contributed by atoms with Crippen LogP contribution < -0.4 is 0 Å². The Bertz CT molecular complexity index is 884. The Labute approximate surface area is 292 Å². The fourth-order valence-corrected chi connectivity index (χ4v) is 6.30. The van der Waals surface area contributed by atoms with Gasteiger partial charge in [-0.05, 0) is 32.1 Å². The highest BCUT2D eigenvalue weighted by atomic mass is 16.6. The van der Waals surface area contributed by atoms with Crippen LogP contribution in [-0.2, 0) is 23.9 Å². The Kier molecular flexibility index (Phi) is 27.4. The minimum atomic E-state index is -0.855. The van der Waals surface area contributed by atoms with E-state index in [1.54, 1.807) is 12.2 Å². The molecule has 1 aliphatic rings. The second kappa shape index (κ2) is 29.8. The molecule has 1 aliphatic carbocycles. The van der Waals surface area contributed by atoms with Crippen LogP contribution in [0.1, 0.15) is 168 Å². The lowest BCUT2D eigenvalue weighted by Crippen LogP contribution is -2.28. The van der Waals surface area contributed by atoms with Gasteiger partial charge in [0.2, 0.25) is 0 Å². The molecule has 3 N–H and O–H groups in total. The van der Waals surface area contributed by atoms with Gasteiger partial charge in [-0.3, -0.25) is 14.4 Å². The zero-order valence-electron chi connectivity index (χ0n) is 30.5. The Morgan fingerprint density at radius 2 is 1.35 bits per heavy atom. The number of rotatable bonds is 31. The molecule has 0 aromatic carbocycles. The van der Waals surface area contributed by atoms with Crippen molar-refractivity contribution in [3.05, 3.63) is 24.3 Å². The van der Waals surface area contributed by atoms with E-state index >= 15 is 0 Å². The Morgan fingerprint density at radius 3 is 1.96 bits per heavy atom. The van der Waals surface area contributed by atoms with E-state index in [0.717, 1.165) is 38.5 Å². The van der Waals surface area contributed by atoms with Gasteiger partial charge in [0.05, 0.1) is 18.8 Å². The largest absolute Gasteiger partial charge is 0.462 e. The van der Waals surface area contributed by atoms with E-state index in [-0.39, 0.29) is 43.0 Å². The summed E-state index contributed by atoms with van der Waals surface area (Å²) in [6.07, 6.45) is 28.8. The molecule has 1 saturated carbocycles. The van der Waals surface area contributed by atoms with Gasteiger partial charge in [-0.25, -0.2) is 0 Å². The first-order valence-electron chi connectivity index (χ1n) is 19.5. The number of Topliss-reactive ketones (excluding diaryl/α,β-unsaturated/α-hetero) is 1. The first kappa shape index (κ1) is 44.0. The van der Waals surface area contributed by atoms with Crippen LogP contribution in [-0.4, -0.2) is 64.6 Å². The fourth-order valence-electron chi connectivity index (χ4n) is 6.30. The van der Waals surface area contributed by atoms with Crippen molar-refractivity contribution >= 4 is 17.7 Å². The lowest BCUT2D eigenvalue weighted by molar-refractivity contribution is -0.161. The lowest BCUT2D eigenvalue weighted by atomic mass is 9.90. The molecular weight excluding hydrogens is 608 g/mol. The molecule has 0 saturated heterocycles. The molecule has 0 bridgehead atoms. The van der Waals surface area contributed by atoms with E-state index in [0.29, 0.717) is 32.1 Å². The van der Waals surface area contributed by atoms with Gasteiger partial charge in [0.1, 0.15) is 12.4 Å². The number of hydrogen-bond donors (Lipinski definition) is 3. The van der Waals surface area contributed by atoms with Crippen LogP contribution in [0, 0.1) is 11.8 Å². The Morgan fingerprint density at radius 1 is 0.792 bits per heavy atom. The summed E-state index contributed by atoms with van der Waals surface area (Å²) in [6, 6.07) is 0. The smallest absolute Gasteiger partial charge is 0.306 e. The highest BCUT2D eigenvalue weighted by Crippen LogP contribution is 2.33. The number of carbonyl (C=O) groups excluding carboxylic acids is 3. The van der Waals surface area contributed by atoms with Crippen LogP contribution in [0.15, 0.2) is 24.3 Å². The Balaban J connectivity index is 2.13. The third kappa shape index (κ3) is 22.6. The summed E-state index contributed by atoms with van der Waals surface area (Å²) < 4.78 is 10.5. The minimum absolute atomic E-state index is 0.0320. The maximum atomic E-state index is 12.4. The number of unbranched alkanes of at least 4 members (excludes halogenated alkanes) is 16. The monoisotopic (exact) mass is 679 g/mol. The third-order valence-electron chi connectivity index (χ3n) is 9.37. The molecule has 8 heteroatoms. The number of ether oxygens (including phenoxy) is 2. The van der Waals surface area contributed by atoms with Crippen LogP contribution in [0.2, 0.25) is 0 Å². The van der Waals surface area contributed by atoms with Crippen LogP contribution in [0.25, 0.3) is 0 Å². The molecule has 0 aromatic heterocycles. The first-order valence-corrected chi connectivity index (χ1v) is 19.5. The van der Waals surface area contributed by atoms with E-state index in [1.165, 1.54) is 70.6 Å². The highest BCUT2D eigenvalue weighted by molar-refractivity contribution is 5.84. The summed E-state index contributed by atoms with van der Waals surface area (Å²) in [5.41, 5.74) is 0. The van der Waals surface area contributed by atoms with Crippen molar-refractivity contribution in [3.8, 4) is 0 Å². The van der Waals surface area contributed by atoms with Gasteiger partial charge in [0.25, 0.3) is 0 Å². The molecule has 48 heavy (non-hydrogen) atoms. The maximum Gasteiger partial charge on any atom is 0.306 e. The molecule has 5 atom stereocenters. The standard InChI is InChI=1S/C40H70O8/c1-3-5-7-8-9-10-11-12-13-14-15-16-17-23-27-40(46)48-34(31-41)32-47-39(45)26-22-19-18-21-25-35-36(38(44)30-37(35)43)29-28-33(42)24-20-6-4-2/h18,21,28-29,33-36,38,41-42,44H,3-17,19-20,22-27,30-32H2,1-2H3/b21-18-,29-28+/t33-,34-,35+,36+,38+/m0/s1. The Hall–Kier alpha value is -2.03. The first-order chi connectivity index (χ1) is 23.3. The van der Waals surface area contributed by atoms with Crippen molar-refractivity contribution in [2.45, 2.75) is 186 Å². The number of aliphatic hydroxyl groups is 3. The molecule has 0 amide bonds. The van der Waals surface area contributed by atoms with Gasteiger partial charge in [-0.1, -0.05) is 141 Å². The number of esters is 2. The molecule has 0 aliphatic heterocycles. The number of aliphatic hydroxyl groups excluding tert-OH is 3. The van der Waals surface area contributed by atoms with Crippen LogP contribution in [0.4, 0.5) is 0 Å². The van der Waals surface area contributed by atoms with Crippen molar-refractivity contribution < 1.29 is 39.2 Å². The van der Waals surface area contributed by atoms with Crippen molar-refractivity contribution in [1.82, 2.24) is 0 Å². The second-order valence-electron chi connectivity index (χ2n) is 13.8. The van der Waals surface area contributed by atoms with E-state index in [4.69, 9.17) is 9.47 Å². The minimum Gasteiger partial charge on any atom is -0.462 e. The summed E-state index contributed by atoms with van der Waals surface area (Å²) in [5.74, 6) is -1.37. The summed E-state index contributed by atoms with van der Waals surface area (Å²) in [7, 11) is 0. The predicted molar refractivity (Wildman–Crippen MR) is 192 cm³/mol. The molecule has 278 valence electrons. The van der Waals surface area contributed by atoms with Crippen molar-refractivity contribution in [2.75, 3.05) is 13.2 Å². The second-order valence-corrected chi connectivity index (χ2v) is 13.8. The molecule has 0 unspecified atom stereocenters. The van der Waals surface area contributed by atoms with Crippen molar-refractivity contribution in [1.29, 1.82) is 0 Å². The van der Waals surface area contributed by atoms with Gasteiger partial charge in [0.15, 0.2) is 6.10 Å². The summed E-state index contributed by atoms with van der Waals surface area (Å²) in [5, 5.41) is 30.1. The molecule has 8 nitrogen and oxygen atoms in total. The molecule has 1 fully saturated rings. The van der Waals surface area contributed by atoms with E-state index in [1.807, 2.05) is 12.2 Å². The molecule has 1 rings (SSSR count). The fraction of sp³-hybridized carbons (Fsp3) is 0.825. The van der Waals surface area contributed by atoms with Crippen LogP contribution in [0.5, 0.6) is 0 Å². The third-order valence-corrected chi connectivity index (χ3v) is 9.37. The summed E-state index contributed by atoms with van der Waals surface area (Å²) in [4.78, 5) is 36.8. The lowest BCUT2D eigenvalue weighted by Gasteiger charge is -2.16. The van der Waals surface area contributed by atoms with Crippen LogP contribution >= 0.6 is 0 Å². The van der Waals surface area contributed by atoms with E-state index in [9.17, 15) is 29.7 Å². The highest BCUT2D eigenvalue weighted by Gasteiger charge is 2.39. The molecule has 0 heterocycles. The van der Waals surface area contributed by atoms with Crippen LogP contribution in [0.3, 0.4) is 0 Å². The van der Waals surface area contributed by atoms with Crippen molar-refractivity contribution in [2.24, 2.45) is 11.8 Å². The zero-order valence-corrected chi connectivity index (χ0v) is 30.5. The quantitative estimate of drug-likeness (QED) is 0.0378. The maximum absolute atomic E-state index is 12.4. The summed E-state index contributed by atoms with van der Waals surface area (Å²) >= 11 is 0. The zero-order chi connectivity index (χ0) is 35.2. The van der Waals surface area contributed by atoms with Gasteiger partial charge in [-0.2, -0.15) is 0 Å². The van der Waals surface area contributed by atoms with Gasteiger partial charge < -0.3 is 24.8 Å². The normalized spacial score (nSPS) is 19.4. The van der Waals surface area contributed by atoms with E-state index in [2.05, 4.69) is 13.8 Å². The average molecular weight is 679 g/mol. The number of ketones is 1. The van der Waals surface area contributed by atoms with E-state index < -0.39 is 30.9 Å².